The van der Waals surface area contributed by atoms with Crippen molar-refractivity contribution in [1.82, 2.24) is 15.0 Å². The molecule has 0 radical (unpaired) electrons. The van der Waals surface area contributed by atoms with Crippen molar-refractivity contribution in [3.05, 3.63) is 24.3 Å². The second-order valence-electron chi connectivity index (χ2n) is 5.97. The zero-order chi connectivity index (χ0) is 21.2. The minimum absolute atomic E-state index is 0.00630. The van der Waals surface area contributed by atoms with Crippen LogP contribution in [0.15, 0.2) is 29.2 Å². The number of hydrogen-bond donors (Lipinski definition) is 4. The molecule has 0 amide bonds. The lowest BCUT2D eigenvalue weighted by atomic mass is 10.1. The van der Waals surface area contributed by atoms with E-state index in [1.165, 1.54) is 18.2 Å². The molecule has 0 atom stereocenters. The average Bonchev–Trinajstić information content (AvgIpc) is 2.58. The molecule has 2 rings (SSSR count). The molecule has 1 aromatic carbocycles. The molecule has 13 heteroatoms. The summed E-state index contributed by atoms with van der Waals surface area (Å²) in [6.45, 7) is 4.98. The third-order valence-corrected chi connectivity index (χ3v) is 4.22. The lowest BCUT2D eigenvalue weighted by molar-refractivity contribution is 0.483. The van der Waals surface area contributed by atoms with E-state index in [1.807, 2.05) is 0 Å². The highest BCUT2D eigenvalue weighted by Crippen LogP contribution is 2.23. The largest absolute Gasteiger partial charge is 0.368 e. The van der Waals surface area contributed by atoms with Gasteiger partial charge in [0.2, 0.25) is 17.8 Å². The Morgan fingerprint density at radius 1 is 1.14 bits per heavy atom. The van der Waals surface area contributed by atoms with E-state index >= 15 is 0 Å². The molecule has 5 N–H and O–H groups in total. The van der Waals surface area contributed by atoms with Crippen LogP contribution in [0.4, 0.5) is 23.5 Å². The molecule has 0 aliphatic rings. The Balaban J connectivity index is 0.00000122. The van der Waals surface area contributed by atoms with Crippen LogP contribution < -0.4 is 16.4 Å². The number of rotatable bonds is 8. The maximum Gasteiger partial charge on any atom is 0.335 e. The average molecular weight is 431 g/mol. The van der Waals surface area contributed by atoms with E-state index in [9.17, 15) is 13.0 Å². The first-order valence-corrected chi connectivity index (χ1v) is 10.3. The van der Waals surface area contributed by atoms with Crippen LogP contribution >= 0.6 is 0 Å². The summed E-state index contributed by atoms with van der Waals surface area (Å²) in [5, 5.41) is 5.81. The van der Waals surface area contributed by atoms with Crippen LogP contribution in [0.2, 0.25) is 0 Å². The first-order chi connectivity index (χ1) is 13.2. The third-order valence-electron chi connectivity index (χ3n) is 3.31. The van der Waals surface area contributed by atoms with Crippen LogP contribution in [0.25, 0.3) is 0 Å². The molecule has 0 unspecified atom stereocenters. The zero-order valence-electron chi connectivity index (χ0n) is 15.3. The van der Waals surface area contributed by atoms with E-state index in [2.05, 4.69) is 39.4 Å². The van der Waals surface area contributed by atoms with Gasteiger partial charge in [-0.3, -0.25) is 4.55 Å². The van der Waals surface area contributed by atoms with E-state index in [4.69, 9.17) is 14.2 Å². The SMILES string of the molecule is CC(C)CCCNc1nc(N)nc(Nc2ccccc2S(=O)(=O)O)n1.O=S=O. The third kappa shape index (κ3) is 8.37. The van der Waals surface area contributed by atoms with Crippen LogP contribution in [0.5, 0.6) is 0 Å². The molecule has 11 nitrogen and oxygen atoms in total. The summed E-state index contributed by atoms with van der Waals surface area (Å²) in [6.07, 6.45) is 2.03. The van der Waals surface area contributed by atoms with E-state index < -0.39 is 21.7 Å². The number of benzene rings is 1. The summed E-state index contributed by atoms with van der Waals surface area (Å²) in [4.78, 5) is 11.8. The number of nitrogens with one attached hydrogen (secondary N) is 2. The van der Waals surface area contributed by atoms with Gasteiger partial charge in [0.1, 0.15) is 4.90 Å². The fourth-order valence-corrected chi connectivity index (χ4v) is 2.80. The van der Waals surface area contributed by atoms with Crippen LogP contribution in [0, 0.1) is 5.92 Å². The number of nitrogens with two attached hydrogens (primary N) is 1. The van der Waals surface area contributed by atoms with Crippen molar-refractivity contribution in [3.8, 4) is 0 Å². The topological polar surface area (TPSA) is 177 Å². The number of nitrogen functional groups attached to an aromatic ring is 1. The Morgan fingerprint density at radius 2 is 1.75 bits per heavy atom. The first kappa shape index (κ1) is 23.4. The highest BCUT2D eigenvalue weighted by atomic mass is 32.2. The monoisotopic (exact) mass is 430 g/mol. The molecule has 0 fully saturated rings. The molecule has 0 bridgehead atoms. The van der Waals surface area contributed by atoms with Crippen LogP contribution in [0.1, 0.15) is 26.7 Å². The van der Waals surface area contributed by atoms with Gasteiger partial charge in [0, 0.05) is 6.54 Å². The Morgan fingerprint density at radius 3 is 2.36 bits per heavy atom. The number of anilines is 4. The Bertz CT molecular complexity index is 917. The quantitative estimate of drug-likeness (QED) is 0.353. The van der Waals surface area contributed by atoms with Gasteiger partial charge in [-0.2, -0.15) is 31.8 Å². The highest BCUT2D eigenvalue weighted by Gasteiger charge is 2.16. The van der Waals surface area contributed by atoms with Gasteiger partial charge in [0.05, 0.1) is 5.69 Å². The summed E-state index contributed by atoms with van der Waals surface area (Å²) >= 11 is -0.750. The van der Waals surface area contributed by atoms with Gasteiger partial charge < -0.3 is 16.4 Å². The predicted molar refractivity (Wildman–Crippen MR) is 105 cm³/mol. The van der Waals surface area contributed by atoms with Crippen molar-refractivity contribution < 1.29 is 21.4 Å². The Hall–Kier alpha value is -2.64. The summed E-state index contributed by atoms with van der Waals surface area (Å²) < 4.78 is 48.7. The first-order valence-electron chi connectivity index (χ1n) is 8.18. The molecule has 0 aliphatic carbocycles. The maximum atomic E-state index is 11.4. The fraction of sp³-hybridized carbons (Fsp3) is 0.400. The molecule has 0 aliphatic heterocycles. The van der Waals surface area contributed by atoms with Crippen molar-refractivity contribution in [1.29, 1.82) is 0 Å². The standard InChI is InChI=1S/C15H22N6O3S.O2S/c1-10(2)6-5-9-17-14-19-13(16)20-15(21-14)18-11-7-3-4-8-12(11)25(22,23)24;1-3-2/h3-4,7-8,10H,5-6,9H2,1-2H3,(H,22,23,24)(H4,16,17,18,19,20,21);. The molecule has 0 saturated carbocycles. The van der Waals surface area contributed by atoms with Gasteiger partial charge in [0.15, 0.2) is 0 Å². The molecular formula is C15H22N6O5S2. The number of aromatic nitrogens is 3. The second-order valence-corrected chi connectivity index (χ2v) is 7.49. The van der Waals surface area contributed by atoms with Crippen LogP contribution in [0.3, 0.4) is 0 Å². The molecule has 0 saturated heterocycles. The molecule has 1 aromatic heterocycles. The number of nitrogens with zero attached hydrogens (tertiary/aromatic N) is 3. The minimum Gasteiger partial charge on any atom is -0.368 e. The van der Waals surface area contributed by atoms with Crippen molar-refractivity contribution >= 4 is 45.2 Å². The van der Waals surface area contributed by atoms with Crippen LogP contribution in [-0.4, -0.2) is 42.9 Å². The van der Waals surface area contributed by atoms with Crippen molar-refractivity contribution in [2.45, 2.75) is 31.6 Å². The Kier molecular flexibility index (Phi) is 9.41. The summed E-state index contributed by atoms with van der Waals surface area (Å²) in [6, 6.07) is 5.87. The lowest BCUT2D eigenvalue weighted by Crippen LogP contribution is -2.11. The van der Waals surface area contributed by atoms with Gasteiger partial charge in [-0.15, -0.1) is 0 Å². The molecular weight excluding hydrogens is 408 g/mol. The molecule has 0 spiro atoms. The van der Waals surface area contributed by atoms with Crippen molar-refractivity contribution in [3.63, 3.8) is 0 Å². The van der Waals surface area contributed by atoms with Gasteiger partial charge in [0.25, 0.3) is 10.1 Å². The lowest BCUT2D eigenvalue weighted by Gasteiger charge is -2.11. The maximum absolute atomic E-state index is 11.4. The number of hydrogen-bond acceptors (Lipinski definition) is 10. The van der Waals surface area contributed by atoms with Gasteiger partial charge in [-0.05, 0) is 30.9 Å². The molecule has 28 heavy (non-hydrogen) atoms. The highest BCUT2D eigenvalue weighted by molar-refractivity contribution is 7.86. The number of para-hydroxylation sites is 1. The summed E-state index contributed by atoms with van der Waals surface area (Å²) in [7, 11) is -4.38. The summed E-state index contributed by atoms with van der Waals surface area (Å²) in [5.74, 6) is 0.977. The Labute approximate surface area is 166 Å². The molecule has 1 heterocycles. The normalized spacial score (nSPS) is 10.7. The molecule has 154 valence electrons. The van der Waals surface area contributed by atoms with Gasteiger partial charge in [-0.1, -0.05) is 26.0 Å². The fourth-order valence-electron chi connectivity index (χ4n) is 2.15. The van der Waals surface area contributed by atoms with E-state index in [0.29, 0.717) is 18.4 Å². The van der Waals surface area contributed by atoms with Crippen molar-refractivity contribution in [2.24, 2.45) is 5.92 Å². The van der Waals surface area contributed by atoms with Gasteiger partial charge in [-0.25, -0.2) is 0 Å². The predicted octanol–water partition coefficient (Wildman–Crippen LogP) is 1.62. The zero-order valence-corrected chi connectivity index (χ0v) is 17.0. The van der Waals surface area contributed by atoms with Gasteiger partial charge >= 0.3 is 11.6 Å². The smallest absolute Gasteiger partial charge is 0.335 e. The van der Waals surface area contributed by atoms with E-state index in [1.54, 1.807) is 6.07 Å². The minimum atomic E-state index is -4.38. The second kappa shape index (κ2) is 11.3. The van der Waals surface area contributed by atoms with Crippen molar-refractivity contribution in [2.75, 3.05) is 22.9 Å². The van der Waals surface area contributed by atoms with E-state index in [0.717, 1.165) is 12.8 Å². The van der Waals surface area contributed by atoms with E-state index in [-0.39, 0.29) is 22.5 Å². The molecule has 2 aromatic rings. The summed E-state index contributed by atoms with van der Waals surface area (Å²) in [5.41, 5.74) is 5.82. The van der Waals surface area contributed by atoms with Crippen LogP contribution in [-0.2, 0) is 21.7 Å².